The van der Waals surface area contributed by atoms with Crippen LogP contribution >= 0.6 is 12.4 Å². The van der Waals surface area contributed by atoms with Gasteiger partial charge in [0.05, 0.1) is 12.7 Å². The van der Waals surface area contributed by atoms with Gasteiger partial charge in [-0.05, 0) is 6.07 Å². The van der Waals surface area contributed by atoms with E-state index in [1.54, 1.807) is 0 Å². The van der Waals surface area contributed by atoms with Crippen molar-refractivity contribution in [2.45, 2.75) is 12.7 Å². The van der Waals surface area contributed by atoms with Crippen molar-refractivity contribution in [2.75, 3.05) is 13.1 Å². The molecule has 0 unspecified atom stereocenters. The molecule has 2 rings (SSSR count). The maximum atomic E-state index is 13.1. The van der Waals surface area contributed by atoms with Gasteiger partial charge in [0.1, 0.15) is 0 Å². The standard InChI is InChI=1S/C10H11F2NO.ClH/c11-9-3-1-2-7(10(9)12)6-14-8-4-13-5-8;/h1-3,8,13H,4-6H2;1H. The first-order chi connectivity index (χ1) is 6.77. The summed E-state index contributed by atoms with van der Waals surface area (Å²) in [6.07, 6.45) is 0.137. The van der Waals surface area contributed by atoms with Gasteiger partial charge in [-0.15, -0.1) is 12.4 Å². The molecule has 1 aliphatic rings. The number of ether oxygens (including phenoxy) is 1. The highest BCUT2D eigenvalue weighted by atomic mass is 35.5. The predicted molar refractivity (Wildman–Crippen MR) is 55.1 cm³/mol. The summed E-state index contributed by atoms with van der Waals surface area (Å²) in [5.41, 5.74) is 0.275. The van der Waals surface area contributed by atoms with E-state index in [2.05, 4.69) is 5.32 Å². The van der Waals surface area contributed by atoms with Gasteiger partial charge >= 0.3 is 0 Å². The first-order valence-electron chi connectivity index (χ1n) is 4.52. The zero-order valence-corrected chi connectivity index (χ0v) is 8.82. The molecule has 15 heavy (non-hydrogen) atoms. The monoisotopic (exact) mass is 235 g/mol. The average Bonchev–Trinajstić information content (AvgIpc) is 2.09. The normalized spacial score (nSPS) is 15.6. The lowest BCUT2D eigenvalue weighted by molar-refractivity contribution is 0.00616. The fourth-order valence-corrected chi connectivity index (χ4v) is 1.25. The number of benzene rings is 1. The van der Waals surface area contributed by atoms with Crippen LogP contribution in [0.5, 0.6) is 0 Å². The van der Waals surface area contributed by atoms with Crippen molar-refractivity contribution in [3.8, 4) is 0 Å². The number of nitrogens with one attached hydrogen (secondary N) is 1. The fraction of sp³-hybridized carbons (Fsp3) is 0.400. The summed E-state index contributed by atoms with van der Waals surface area (Å²) in [5.74, 6) is -1.63. The molecule has 0 spiro atoms. The Kier molecular flexibility index (Phi) is 4.45. The van der Waals surface area contributed by atoms with Crippen LogP contribution in [-0.4, -0.2) is 19.2 Å². The van der Waals surface area contributed by atoms with Gasteiger partial charge in [-0.3, -0.25) is 0 Å². The maximum absolute atomic E-state index is 13.1. The lowest BCUT2D eigenvalue weighted by Gasteiger charge is -2.27. The molecule has 1 aliphatic heterocycles. The van der Waals surface area contributed by atoms with E-state index in [9.17, 15) is 8.78 Å². The third-order valence-electron chi connectivity index (χ3n) is 2.25. The van der Waals surface area contributed by atoms with E-state index in [1.807, 2.05) is 0 Å². The zero-order valence-electron chi connectivity index (χ0n) is 8.00. The quantitative estimate of drug-likeness (QED) is 0.864. The molecule has 1 aromatic rings. The van der Waals surface area contributed by atoms with Crippen molar-refractivity contribution < 1.29 is 13.5 Å². The van der Waals surface area contributed by atoms with E-state index >= 15 is 0 Å². The number of halogens is 3. The van der Waals surface area contributed by atoms with Crippen molar-refractivity contribution in [3.63, 3.8) is 0 Å². The molecule has 1 saturated heterocycles. The van der Waals surface area contributed by atoms with E-state index in [-0.39, 0.29) is 30.7 Å². The second-order valence-electron chi connectivity index (χ2n) is 3.30. The Balaban J connectivity index is 0.00000112. The summed E-state index contributed by atoms with van der Waals surface area (Å²) in [4.78, 5) is 0. The summed E-state index contributed by atoms with van der Waals surface area (Å²) in [6.45, 7) is 1.71. The van der Waals surface area contributed by atoms with Gasteiger partial charge in [0.15, 0.2) is 11.6 Å². The van der Waals surface area contributed by atoms with Crippen LogP contribution in [-0.2, 0) is 11.3 Å². The van der Waals surface area contributed by atoms with E-state index in [0.717, 1.165) is 19.2 Å². The Morgan fingerprint density at radius 3 is 2.67 bits per heavy atom. The Morgan fingerprint density at radius 1 is 1.33 bits per heavy atom. The Morgan fingerprint density at radius 2 is 2.07 bits per heavy atom. The second-order valence-corrected chi connectivity index (χ2v) is 3.30. The molecular formula is C10H12ClF2NO. The third kappa shape index (κ3) is 2.87. The molecule has 0 aliphatic carbocycles. The minimum Gasteiger partial charge on any atom is -0.371 e. The molecule has 0 radical (unpaired) electrons. The molecule has 1 heterocycles. The number of hydrogen-bond donors (Lipinski definition) is 1. The Bertz CT molecular complexity index is 331. The van der Waals surface area contributed by atoms with Gasteiger partial charge in [-0.25, -0.2) is 8.78 Å². The number of hydrogen-bond acceptors (Lipinski definition) is 2. The van der Waals surface area contributed by atoms with Crippen LogP contribution in [0.25, 0.3) is 0 Å². The second kappa shape index (κ2) is 5.39. The van der Waals surface area contributed by atoms with Crippen LogP contribution in [0, 0.1) is 11.6 Å². The van der Waals surface area contributed by atoms with Crippen LogP contribution < -0.4 is 5.32 Å². The first kappa shape index (κ1) is 12.4. The molecule has 0 amide bonds. The van der Waals surface area contributed by atoms with Gasteiger partial charge in [0.25, 0.3) is 0 Å². The number of rotatable bonds is 3. The van der Waals surface area contributed by atoms with E-state index in [0.29, 0.717) is 0 Å². The largest absolute Gasteiger partial charge is 0.371 e. The zero-order chi connectivity index (χ0) is 9.97. The maximum Gasteiger partial charge on any atom is 0.164 e. The van der Waals surface area contributed by atoms with Gasteiger partial charge in [0, 0.05) is 18.7 Å². The molecule has 1 N–H and O–H groups in total. The van der Waals surface area contributed by atoms with Gasteiger partial charge < -0.3 is 10.1 Å². The predicted octanol–water partition coefficient (Wildman–Crippen LogP) is 1.87. The molecule has 5 heteroatoms. The minimum atomic E-state index is -0.821. The molecule has 0 aromatic heterocycles. The molecule has 2 nitrogen and oxygen atoms in total. The van der Waals surface area contributed by atoms with Gasteiger partial charge in [-0.2, -0.15) is 0 Å². The molecule has 84 valence electrons. The highest BCUT2D eigenvalue weighted by molar-refractivity contribution is 5.85. The molecule has 0 atom stereocenters. The molecular weight excluding hydrogens is 224 g/mol. The molecule has 1 fully saturated rings. The van der Waals surface area contributed by atoms with E-state index < -0.39 is 11.6 Å². The van der Waals surface area contributed by atoms with Crippen molar-refractivity contribution >= 4 is 12.4 Å². The van der Waals surface area contributed by atoms with Crippen LogP contribution in [0.15, 0.2) is 18.2 Å². The summed E-state index contributed by atoms with van der Waals surface area (Å²) < 4.78 is 31.2. The van der Waals surface area contributed by atoms with Gasteiger partial charge in [-0.1, -0.05) is 12.1 Å². The SMILES string of the molecule is Cl.Fc1cccc(COC2CNC2)c1F. The highest BCUT2D eigenvalue weighted by Crippen LogP contribution is 2.13. The molecule has 0 saturated carbocycles. The van der Waals surface area contributed by atoms with Crippen LogP contribution in [0.2, 0.25) is 0 Å². The fourth-order valence-electron chi connectivity index (χ4n) is 1.25. The first-order valence-corrected chi connectivity index (χ1v) is 4.52. The third-order valence-corrected chi connectivity index (χ3v) is 2.25. The van der Waals surface area contributed by atoms with Gasteiger partial charge in [0.2, 0.25) is 0 Å². The van der Waals surface area contributed by atoms with Crippen LogP contribution in [0.3, 0.4) is 0 Å². The summed E-state index contributed by atoms with van der Waals surface area (Å²) in [6, 6.07) is 4.12. The summed E-state index contributed by atoms with van der Waals surface area (Å²) in [7, 11) is 0. The topological polar surface area (TPSA) is 21.3 Å². The smallest absolute Gasteiger partial charge is 0.164 e. The lowest BCUT2D eigenvalue weighted by atomic mass is 10.2. The Hall–Kier alpha value is -0.710. The lowest BCUT2D eigenvalue weighted by Crippen LogP contribution is -2.48. The average molecular weight is 236 g/mol. The summed E-state index contributed by atoms with van der Waals surface area (Å²) in [5, 5.41) is 3.03. The minimum absolute atomic E-state index is 0. The molecule has 1 aromatic carbocycles. The van der Waals surface area contributed by atoms with E-state index in [4.69, 9.17) is 4.74 Å². The van der Waals surface area contributed by atoms with Crippen molar-refractivity contribution in [3.05, 3.63) is 35.4 Å². The highest BCUT2D eigenvalue weighted by Gasteiger charge is 2.18. The van der Waals surface area contributed by atoms with Crippen molar-refractivity contribution in [2.24, 2.45) is 0 Å². The van der Waals surface area contributed by atoms with Crippen molar-refractivity contribution in [1.29, 1.82) is 0 Å². The Labute approximate surface area is 93.0 Å². The molecule has 0 bridgehead atoms. The summed E-state index contributed by atoms with van der Waals surface area (Å²) >= 11 is 0. The van der Waals surface area contributed by atoms with Crippen LogP contribution in [0.1, 0.15) is 5.56 Å². The van der Waals surface area contributed by atoms with Crippen LogP contribution in [0.4, 0.5) is 8.78 Å². The van der Waals surface area contributed by atoms with Crippen molar-refractivity contribution in [1.82, 2.24) is 5.32 Å². The van der Waals surface area contributed by atoms with E-state index in [1.165, 1.54) is 12.1 Å².